The van der Waals surface area contributed by atoms with Crippen molar-refractivity contribution >= 4 is 17.7 Å². The normalized spacial score (nSPS) is 16.0. The van der Waals surface area contributed by atoms with Gasteiger partial charge in [0.25, 0.3) is 0 Å². The molecule has 1 atom stereocenters. The predicted octanol–water partition coefficient (Wildman–Crippen LogP) is 2.52. The minimum atomic E-state index is -0.277. The molecule has 1 N–H and O–H groups in total. The molecule has 134 valence electrons. The van der Waals surface area contributed by atoms with Crippen LogP contribution in [0.1, 0.15) is 38.2 Å². The molecule has 7 nitrogen and oxygen atoms in total. The van der Waals surface area contributed by atoms with Gasteiger partial charge in [-0.15, -0.1) is 5.10 Å². The van der Waals surface area contributed by atoms with Crippen LogP contribution in [-0.2, 0) is 4.79 Å². The van der Waals surface area contributed by atoms with Crippen LogP contribution in [0.3, 0.4) is 0 Å². The first-order valence-corrected chi connectivity index (χ1v) is 9.37. The van der Waals surface area contributed by atoms with E-state index in [9.17, 15) is 4.79 Å². The van der Waals surface area contributed by atoms with E-state index in [0.717, 1.165) is 24.1 Å². The Labute approximate surface area is 151 Å². The fraction of sp³-hybridized carbons (Fsp3) is 0.529. The first kappa shape index (κ1) is 17.7. The number of tetrazole rings is 1. The number of benzene rings is 1. The van der Waals surface area contributed by atoms with Crippen LogP contribution in [0.15, 0.2) is 23.4 Å². The Morgan fingerprint density at radius 1 is 1.40 bits per heavy atom. The number of rotatable bonds is 6. The number of thioether (sulfide) groups is 1. The molecular formula is C17H23N5O2S. The molecule has 2 aromatic rings. The maximum absolute atomic E-state index is 12.4. The van der Waals surface area contributed by atoms with E-state index in [1.807, 2.05) is 32.0 Å². The molecule has 8 heteroatoms. The van der Waals surface area contributed by atoms with E-state index < -0.39 is 0 Å². The van der Waals surface area contributed by atoms with E-state index in [4.69, 9.17) is 4.74 Å². The Hall–Kier alpha value is -2.09. The van der Waals surface area contributed by atoms with Gasteiger partial charge in [-0.2, -0.15) is 4.68 Å². The monoisotopic (exact) mass is 361 g/mol. The van der Waals surface area contributed by atoms with Crippen LogP contribution >= 0.6 is 11.8 Å². The van der Waals surface area contributed by atoms with Crippen molar-refractivity contribution < 1.29 is 9.53 Å². The molecule has 1 aliphatic carbocycles. The first-order valence-electron chi connectivity index (χ1n) is 8.49. The Morgan fingerprint density at radius 2 is 2.16 bits per heavy atom. The minimum absolute atomic E-state index is 0.0302. The summed E-state index contributed by atoms with van der Waals surface area (Å²) in [5, 5.41) is 15.3. The molecule has 0 unspecified atom stereocenters. The first-order chi connectivity index (χ1) is 12.1. The molecule has 0 saturated heterocycles. The van der Waals surface area contributed by atoms with Gasteiger partial charge in [-0.25, -0.2) is 0 Å². The number of aromatic nitrogens is 4. The molecule has 1 heterocycles. The molecule has 0 bridgehead atoms. The quantitative estimate of drug-likeness (QED) is 0.796. The highest BCUT2D eigenvalue weighted by Crippen LogP contribution is 2.29. The van der Waals surface area contributed by atoms with Gasteiger partial charge in [0.15, 0.2) is 0 Å². The lowest BCUT2D eigenvalue weighted by molar-refractivity contribution is -0.120. The van der Waals surface area contributed by atoms with Crippen molar-refractivity contribution in [1.82, 2.24) is 25.5 Å². The van der Waals surface area contributed by atoms with Gasteiger partial charge >= 0.3 is 0 Å². The Kier molecular flexibility index (Phi) is 5.57. The highest BCUT2D eigenvalue weighted by atomic mass is 32.2. The third-order valence-corrected chi connectivity index (χ3v) is 5.39. The van der Waals surface area contributed by atoms with Crippen molar-refractivity contribution in [3.63, 3.8) is 0 Å². The van der Waals surface area contributed by atoms with Crippen LogP contribution in [0.2, 0.25) is 0 Å². The summed E-state index contributed by atoms with van der Waals surface area (Å²) >= 11 is 1.35. The number of hydrogen-bond acceptors (Lipinski definition) is 6. The molecule has 0 aliphatic heterocycles. The summed E-state index contributed by atoms with van der Waals surface area (Å²) in [4.78, 5) is 12.4. The van der Waals surface area contributed by atoms with Crippen molar-refractivity contribution in [1.29, 1.82) is 0 Å². The van der Waals surface area contributed by atoms with Gasteiger partial charge < -0.3 is 10.1 Å². The molecule has 1 aromatic heterocycles. The zero-order valence-electron chi connectivity index (χ0n) is 14.7. The predicted molar refractivity (Wildman–Crippen MR) is 96.2 cm³/mol. The van der Waals surface area contributed by atoms with Crippen molar-refractivity contribution in [3.8, 4) is 11.4 Å². The summed E-state index contributed by atoms with van der Waals surface area (Å²) in [6.45, 7) is 3.87. The van der Waals surface area contributed by atoms with Crippen LogP contribution in [0.25, 0.3) is 5.69 Å². The highest BCUT2D eigenvalue weighted by molar-refractivity contribution is 8.00. The van der Waals surface area contributed by atoms with Crippen molar-refractivity contribution in [2.75, 3.05) is 7.11 Å². The Balaban J connectivity index is 1.75. The van der Waals surface area contributed by atoms with Crippen LogP contribution in [0.4, 0.5) is 0 Å². The molecule has 3 rings (SSSR count). The lowest BCUT2D eigenvalue weighted by atomic mass is 10.2. The molecular weight excluding hydrogens is 338 g/mol. The van der Waals surface area contributed by atoms with Gasteiger partial charge in [-0.05, 0) is 54.8 Å². The van der Waals surface area contributed by atoms with Gasteiger partial charge in [0.05, 0.1) is 12.4 Å². The van der Waals surface area contributed by atoms with Crippen molar-refractivity contribution in [3.05, 3.63) is 23.8 Å². The number of carbonyl (C=O) groups is 1. The molecule has 1 aliphatic rings. The van der Waals surface area contributed by atoms with E-state index in [2.05, 4.69) is 20.8 Å². The second kappa shape index (κ2) is 7.86. The number of nitrogens with one attached hydrogen (secondary N) is 1. The van der Waals surface area contributed by atoms with Crippen LogP contribution in [-0.4, -0.2) is 44.5 Å². The van der Waals surface area contributed by atoms with Crippen LogP contribution in [0, 0.1) is 6.92 Å². The number of ether oxygens (including phenoxy) is 1. The van der Waals surface area contributed by atoms with Gasteiger partial charge in [0, 0.05) is 6.04 Å². The van der Waals surface area contributed by atoms with Crippen molar-refractivity contribution in [2.45, 2.75) is 56.0 Å². The lowest BCUT2D eigenvalue weighted by Crippen LogP contribution is -2.37. The van der Waals surface area contributed by atoms with E-state index in [1.165, 1.54) is 24.6 Å². The number of aryl methyl sites for hydroxylation is 1. The molecule has 0 radical (unpaired) electrons. The fourth-order valence-electron chi connectivity index (χ4n) is 2.97. The standard InChI is InChI=1S/C17H23N5O2S/c1-11-8-9-15(24-3)14(10-11)22-17(19-20-21-22)25-12(2)16(23)18-13-6-4-5-7-13/h8-10,12-13H,4-7H2,1-3H3,(H,18,23)/t12-/m1/s1. The minimum Gasteiger partial charge on any atom is -0.494 e. The van der Waals surface area contributed by atoms with Gasteiger partial charge in [-0.3, -0.25) is 4.79 Å². The third kappa shape index (κ3) is 4.12. The summed E-state index contributed by atoms with van der Waals surface area (Å²) in [5.74, 6) is 0.713. The number of methoxy groups -OCH3 is 1. The summed E-state index contributed by atoms with van der Waals surface area (Å²) in [6.07, 6.45) is 4.53. The average Bonchev–Trinajstić information content (AvgIpc) is 3.26. The Morgan fingerprint density at radius 3 is 2.88 bits per heavy atom. The van der Waals surface area contributed by atoms with Gasteiger partial charge in [-0.1, -0.05) is 30.7 Å². The maximum Gasteiger partial charge on any atom is 0.233 e. The van der Waals surface area contributed by atoms with Gasteiger partial charge in [0.1, 0.15) is 11.4 Å². The van der Waals surface area contributed by atoms with E-state index in [1.54, 1.807) is 11.8 Å². The van der Waals surface area contributed by atoms with Crippen LogP contribution in [0.5, 0.6) is 5.75 Å². The van der Waals surface area contributed by atoms with E-state index in [-0.39, 0.29) is 11.2 Å². The second-order valence-electron chi connectivity index (χ2n) is 6.30. The molecule has 1 amide bonds. The van der Waals surface area contributed by atoms with Crippen LogP contribution < -0.4 is 10.1 Å². The largest absolute Gasteiger partial charge is 0.494 e. The molecule has 1 saturated carbocycles. The summed E-state index contributed by atoms with van der Waals surface area (Å²) in [6, 6.07) is 6.12. The lowest BCUT2D eigenvalue weighted by Gasteiger charge is -2.16. The summed E-state index contributed by atoms with van der Waals surface area (Å²) in [7, 11) is 1.61. The maximum atomic E-state index is 12.4. The zero-order chi connectivity index (χ0) is 17.8. The number of nitrogens with zero attached hydrogens (tertiary/aromatic N) is 4. The summed E-state index contributed by atoms with van der Waals surface area (Å²) in [5.41, 5.74) is 1.84. The number of carbonyl (C=O) groups excluding carboxylic acids is 1. The summed E-state index contributed by atoms with van der Waals surface area (Å²) < 4.78 is 7.04. The number of hydrogen-bond donors (Lipinski definition) is 1. The smallest absolute Gasteiger partial charge is 0.233 e. The number of amides is 1. The molecule has 1 aromatic carbocycles. The highest BCUT2D eigenvalue weighted by Gasteiger charge is 2.24. The average molecular weight is 361 g/mol. The SMILES string of the molecule is COc1ccc(C)cc1-n1nnnc1S[C@H](C)C(=O)NC1CCCC1. The molecule has 0 spiro atoms. The van der Waals surface area contributed by atoms with E-state index >= 15 is 0 Å². The van der Waals surface area contributed by atoms with E-state index in [0.29, 0.717) is 16.9 Å². The third-order valence-electron chi connectivity index (χ3n) is 4.36. The Bertz CT molecular complexity index is 742. The van der Waals surface area contributed by atoms with Gasteiger partial charge in [0.2, 0.25) is 11.1 Å². The molecule has 1 fully saturated rings. The molecule has 25 heavy (non-hydrogen) atoms. The van der Waals surface area contributed by atoms with Crippen molar-refractivity contribution in [2.24, 2.45) is 0 Å². The second-order valence-corrected chi connectivity index (χ2v) is 7.61. The zero-order valence-corrected chi connectivity index (χ0v) is 15.5. The fourth-order valence-corrected chi connectivity index (χ4v) is 3.78. The topological polar surface area (TPSA) is 81.9 Å².